The molecule has 0 atom stereocenters. The highest BCUT2D eigenvalue weighted by Crippen LogP contribution is 2.34. The summed E-state index contributed by atoms with van der Waals surface area (Å²) in [6.45, 7) is 0.290. The number of fused-ring (bicyclic) bond motifs is 1. The van der Waals surface area contributed by atoms with Crippen LogP contribution in [-0.4, -0.2) is 30.3 Å². The molecule has 1 amide bonds. The van der Waals surface area contributed by atoms with Crippen LogP contribution in [0.15, 0.2) is 40.9 Å². The van der Waals surface area contributed by atoms with Crippen molar-refractivity contribution in [3.8, 4) is 0 Å². The second-order valence-electron chi connectivity index (χ2n) is 5.59. The fourth-order valence-electron chi connectivity index (χ4n) is 2.67. The Balaban J connectivity index is 1.80. The van der Waals surface area contributed by atoms with Gasteiger partial charge in [-0.1, -0.05) is 12.1 Å². The quantitative estimate of drug-likeness (QED) is 0.746. The number of Topliss-reactive ketones (excluding diaryl/α,β-unsaturated/α-hetero) is 1. The van der Waals surface area contributed by atoms with Gasteiger partial charge in [-0.15, -0.1) is 0 Å². The maximum atomic E-state index is 13.7. The second kappa shape index (κ2) is 6.41. The van der Waals surface area contributed by atoms with Crippen LogP contribution < -0.4 is 4.90 Å². The van der Waals surface area contributed by atoms with E-state index < -0.39 is 23.3 Å². The van der Waals surface area contributed by atoms with E-state index in [0.29, 0.717) is 21.3 Å². The zero-order valence-corrected chi connectivity index (χ0v) is 14.3. The summed E-state index contributed by atoms with van der Waals surface area (Å²) in [5, 5.41) is 0. The lowest BCUT2D eigenvalue weighted by molar-refractivity contribution is -0.114. The molecule has 2 aromatic carbocycles. The van der Waals surface area contributed by atoms with Crippen molar-refractivity contribution in [3.05, 3.63) is 63.6 Å². The van der Waals surface area contributed by atoms with E-state index in [0.717, 1.165) is 6.07 Å². The van der Waals surface area contributed by atoms with Crippen LogP contribution in [0.5, 0.6) is 0 Å². The first kappa shape index (κ1) is 16.7. The number of halogens is 3. The van der Waals surface area contributed by atoms with Gasteiger partial charge >= 0.3 is 5.91 Å². The molecular weight excluding hydrogens is 382 g/mol. The fourth-order valence-corrected chi connectivity index (χ4v) is 3.21. The molecule has 0 spiro atoms. The molecule has 124 valence electrons. The van der Waals surface area contributed by atoms with Gasteiger partial charge in [0.1, 0.15) is 11.6 Å². The van der Waals surface area contributed by atoms with Gasteiger partial charge in [-0.2, -0.15) is 0 Å². The normalized spacial score (nSPS) is 13.8. The van der Waals surface area contributed by atoms with Gasteiger partial charge in [0.25, 0.3) is 5.78 Å². The zero-order chi connectivity index (χ0) is 17.4. The van der Waals surface area contributed by atoms with Crippen LogP contribution in [0, 0.1) is 11.6 Å². The Morgan fingerprint density at radius 1 is 1.17 bits per heavy atom. The lowest BCUT2D eigenvalue weighted by Gasteiger charge is -2.24. The van der Waals surface area contributed by atoms with E-state index in [2.05, 4.69) is 15.9 Å². The van der Waals surface area contributed by atoms with E-state index in [4.69, 9.17) is 0 Å². The van der Waals surface area contributed by atoms with Gasteiger partial charge in [0.15, 0.2) is 0 Å². The van der Waals surface area contributed by atoms with E-state index in [1.165, 1.54) is 17.0 Å². The molecule has 0 aliphatic carbocycles. The number of benzene rings is 2. The third kappa shape index (κ3) is 2.97. The first-order chi connectivity index (χ1) is 11.4. The Labute approximate surface area is 145 Å². The van der Waals surface area contributed by atoms with E-state index in [1.54, 1.807) is 30.1 Å². The summed E-state index contributed by atoms with van der Waals surface area (Å²) in [6.07, 6.45) is 0. The van der Waals surface area contributed by atoms with Crippen molar-refractivity contribution in [2.45, 2.75) is 6.54 Å². The average molecular weight is 395 g/mol. The molecule has 0 fully saturated rings. The van der Waals surface area contributed by atoms with E-state index >= 15 is 0 Å². The molecule has 4 nitrogen and oxygen atoms in total. The van der Waals surface area contributed by atoms with Crippen LogP contribution in [0.1, 0.15) is 15.9 Å². The first-order valence-corrected chi connectivity index (χ1v) is 7.95. The molecule has 7 heteroatoms. The van der Waals surface area contributed by atoms with Crippen molar-refractivity contribution in [2.24, 2.45) is 0 Å². The predicted octanol–water partition coefficient (Wildman–Crippen LogP) is 3.35. The van der Waals surface area contributed by atoms with Gasteiger partial charge in [0, 0.05) is 22.6 Å². The van der Waals surface area contributed by atoms with Gasteiger partial charge < -0.3 is 0 Å². The summed E-state index contributed by atoms with van der Waals surface area (Å²) in [6, 6.07) is 8.49. The number of hydrogen-bond donors (Lipinski definition) is 0. The Morgan fingerprint density at radius 2 is 1.92 bits per heavy atom. The van der Waals surface area contributed by atoms with Crippen molar-refractivity contribution < 1.29 is 18.4 Å². The molecule has 24 heavy (non-hydrogen) atoms. The third-order valence-corrected chi connectivity index (χ3v) is 4.45. The number of carbonyl (C=O) groups excluding carboxylic acids is 2. The molecule has 3 rings (SSSR count). The van der Waals surface area contributed by atoms with Gasteiger partial charge in [0.05, 0.1) is 17.9 Å². The summed E-state index contributed by atoms with van der Waals surface area (Å²) in [7, 11) is 1.69. The predicted molar refractivity (Wildman–Crippen MR) is 88.7 cm³/mol. The second-order valence-corrected chi connectivity index (χ2v) is 6.44. The maximum Gasteiger partial charge on any atom is 0.300 e. The van der Waals surface area contributed by atoms with E-state index in [1.807, 2.05) is 0 Å². The monoisotopic (exact) mass is 394 g/mol. The molecule has 0 saturated carbocycles. The third-order valence-electron chi connectivity index (χ3n) is 3.79. The van der Waals surface area contributed by atoms with Gasteiger partial charge in [0.2, 0.25) is 0 Å². The number of carbonyl (C=O) groups is 2. The van der Waals surface area contributed by atoms with E-state index in [-0.39, 0.29) is 13.2 Å². The number of nitrogens with zero attached hydrogens (tertiary/aromatic N) is 2. The Bertz CT molecular complexity index is 841. The molecule has 1 heterocycles. The lowest BCUT2D eigenvalue weighted by Crippen LogP contribution is -2.39. The van der Waals surface area contributed by atoms with Gasteiger partial charge in [-0.3, -0.25) is 19.4 Å². The molecule has 2 aromatic rings. The lowest BCUT2D eigenvalue weighted by atomic mass is 10.1. The number of ketones is 1. The van der Waals surface area contributed by atoms with E-state index in [9.17, 15) is 18.4 Å². The van der Waals surface area contributed by atoms with Gasteiger partial charge in [-0.05, 0) is 41.2 Å². The molecule has 0 bridgehead atoms. The number of rotatable bonds is 4. The minimum atomic E-state index is -0.645. The van der Waals surface area contributed by atoms with Crippen LogP contribution in [0.2, 0.25) is 0 Å². The molecular formula is C17H13BrF2N2O2. The number of amides is 1. The molecule has 0 saturated heterocycles. The summed E-state index contributed by atoms with van der Waals surface area (Å²) in [5.74, 6) is -2.48. The van der Waals surface area contributed by atoms with Crippen LogP contribution >= 0.6 is 15.9 Å². The molecule has 0 aromatic heterocycles. The molecule has 0 unspecified atom stereocenters. The highest BCUT2D eigenvalue weighted by molar-refractivity contribution is 9.10. The van der Waals surface area contributed by atoms with Crippen LogP contribution in [0.4, 0.5) is 14.5 Å². The molecule has 0 N–H and O–H groups in total. The van der Waals surface area contributed by atoms with Crippen LogP contribution in [-0.2, 0) is 11.3 Å². The largest absolute Gasteiger partial charge is 0.300 e. The van der Waals surface area contributed by atoms with Gasteiger partial charge in [-0.25, -0.2) is 8.78 Å². The van der Waals surface area contributed by atoms with Crippen molar-refractivity contribution in [2.75, 3.05) is 18.6 Å². The number of hydrogen-bond acceptors (Lipinski definition) is 3. The minimum Gasteiger partial charge on any atom is -0.291 e. The highest BCUT2D eigenvalue weighted by Gasteiger charge is 2.37. The summed E-state index contributed by atoms with van der Waals surface area (Å²) in [4.78, 5) is 27.4. The summed E-state index contributed by atoms with van der Waals surface area (Å²) in [5.41, 5.74) is 1.17. The zero-order valence-electron chi connectivity index (χ0n) is 12.7. The van der Waals surface area contributed by atoms with Crippen molar-refractivity contribution in [1.82, 2.24) is 4.90 Å². The van der Waals surface area contributed by atoms with Crippen molar-refractivity contribution in [3.63, 3.8) is 0 Å². The van der Waals surface area contributed by atoms with Crippen LogP contribution in [0.3, 0.4) is 0 Å². The molecule has 1 aliphatic rings. The summed E-state index contributed by atoms with van der Waals surface area (Å²) >= 11 is 3.28. The van der Waals surface area contributed by atoms with Crippen molar-refractivity contribution in [1.29, 1.82) is 0 Å². The average Bonchev–Trinajstić information content (AvgIpc) is 2.76. The SMILES string of the molecule is CN(Cc1ccc(F)cc1F)CN1C(=O)C(=O)c2c(Br)cccc21. The topological polar surface area (TPSA) is 40.6 Å². The van der Waals surface area contributed by atoms with Crippen LogP contribution in [0.25, 0.3) is 0 Å². The Morgan fingerprint density at radius 3 is 2.62 bits per heavy atom. The molecule has 0 radical (unpaired) electrons. The smallest absolute Gasteiger partial charge is 0.291 e. The fraction of sp³-hybridized carbons (Fsp3) is 0.176. The maximum absolute atomic E-state index is 13.7. The standard InChI is InChI=1S/C17H13BrF2N2O2/c1-21(8-10-5-6-11(19)7-13(10)20)9-22-14-4-2-3-12(18)15(14)16(23)17(22)24/h2-7H,8-9H2,1H3. The Kier molecular flexibility index (Phi) is 4.47. The summed E-state index contributed by atoms with van der Waals surface area (Å²) < 4.78 is 27.3. The highest BCUT2D eigenvalue weighted by atomic mass is 79.9. The molecule has 1 aliphatic heterocycles. The Hall–Kier alpha value is -2.12. The van der Waals surface area contributed by atoms with Crippen molar-refractivity contribution >= 4 is 33.3 Å². The first-order valence-electron chi connectivity index (χ1n) is 7.15. The number of anilines is 1. The minimum absolute atomic E-state index is 0.116.